The van der Waals surface area contributed by atoms with Crippen molar-refractivity contribution in [1.82, 2.24) is 0 Å². The number of nitrogens with one attached hydrogen (secondary N) is 1. The second-order valence-corrected chi connectivity index (χ2v) is 8.91. The molecule has 3 aromatic carbocycles. The van der Waals surface area contributed by atoms with Crippen LogP contribution in [-0.2, 0) is 26.0 Å². The predicted molar refractivity (Wildman–Crippen MR) is 116 cm³/mol. The number of amides is 1. The molecule has 4 rings (SSSR count). The number of nitrogens with zero attached hydrogens (tertiary/aromatic N) is 1. The van der Waals surface area contributed by atoms with Crippen LogP contribution in [0.5, 0.6) is 0 Å². The van der Waals surface area contributed by atoms with Crippen molar-refractivity contribution in [3.8, 4) is 0 Å². The molecule has 1 aliphatic heterocycles. The Kier molecular flexibility index (Phi) is 6.10. The number of halogens is 2. The number of para-hydroxylation sites is 2. The molecule has 1 N–H and O–H groups in total. The summed E-state index contributed by atoms with van der Waals surface area (Å²) in [4.78, 5) is 26.2. The van der Waals surface area contributed by atoms with Crippen molar-refractivity contribution in [2.24, 2.45) is 0 Å². The lowest BCUT2D eigenvalue weighted by molar-refractivity contribution is -0.121. The monoisotopic (exact) mass is 472 g/mol. The zero-order valence-electron chi connectivity index (χ0n) is 17.1. The second kappa shape index (κ2) is 8.99. The Labute approximate surface area is 188 Å². The zero-order chi connectivity index (χ0) is 23.6. The SMILES string of the molecule is O=C(OCC(=O)N1CCc2ccccc21)c1ccccc1NS(=O)(=O)c1ccc(F)c(F)c1. The summed E-state index contributed by atoms with van der Waals surface area (Å²) in [6, 6.07) is 15.1. The topological polar surface area (TPSA) is 92.8 Å². The lowest BCUT2D eigenvalue weighted by Gasteiger charge is -2.17. The van der Waals surface area contributed by atoms with Gasteiger partial charge in [0, 0.05) is 12.2 Å². The first-order valence-corrected chi connectivity index (χ1v) is 11.4. The van der Waals surface area contributed by atoms with E-state index in [-0.39, 0.29) is 11.3 Å². The van der Waals surface area contributed by atoms with Crippen molar-refractivity contribution in [3.05, 3.63) is 89.5 Å². The highest BCUT2D eigenvalue weighted by atomic mass is 32.2. The molecule has 1 amide bonds. The van der Waals surface area contributed by atoms with E-state index in [1.54, 1.807) is 0 Å². The molecule has 0 aliphatic carbocycles. The van der Waals surface area contributed by atoms with Gasteiger partial charge in [0.15, 0.2) is 18.2 Å². The van der Waals surface area contributed by atoms with Crippen LogP contribution in [0.15, 0.2) is 71.6 Å². The summed E-state index contributed by atoms with van der Waals surface area (Å²) in [6.07, 6.45) is 0.699. The van der Waals surface area contributed by atoms with E-state index in [0.29, 0.717) is 25.1 Å². The van der Waals surface area contributed by atoms with Gasteiger partial charge in [-0.3, -0.25) is 9.52 Å². The summed E-state index contributed by atoms with van der Waals surface area (Å²) >= 11 is 0. The van der Waals surface area contributed by atoms with Crippen LogP contribution in [0.2, 0.25) is 0 Å². The van der Waals surface area contributed by atoms with Crippen molar-refractivity contribution in [2.75, 3.05) is 22.8 Å². The fraction of sp³-hybridized carbons (Fsp3) is 0.130. The number of fused-ring (bicyclic) bond motifs is 1. The lowest BCUT2D eigenvalue weighted by Crippen LogP contribution is -2.33. The Morgan fingerprint density at radius 1 is 0.970 bits per heavy atom. The minimum atomic E-state index is -4.33. The first-order chi connectivity index (χ1) is 15.8. The number of rotatable bonds is 6. The van der Waals surface area contributed by atoms with Gasteiger partial charge in [-0.05, 0) is 48.4 Å². The maximum atomic E-state index is 13.5. The minimum absolute atomic E-state index is 0.133. The van der Waals surface area contributed by atoms with Gasteiger partial charge in [0.1, 0.15) is 0 Å². The van der Waals surface area contributed by atoms with Gasteiger partial charge in [0.2, 0.25) is 0 Å². The van der Waals surface area contributed by atoms with E-state index in [9.17, 15) is 26.8 Å². The molecule has 0 spiro atoms. The van der Waals surface area contributed by atoms with Crippen LogP contribution < -0.4 is 9.62 Å². The van der Waals surface area contributed by atoms with Crippen molar-refractivity contribution in [3.63, 3.8) is 0 Å². The standard InChI is InChI=1S/C23H18F2N2O5S/c24-18-10-9-16(13-19(18)25)33(30,31)26-20-7-3-2-6-17(20)23(29)32-14-22(28)27-12-11-15-5-1-4-8-21(15)27/h1-10,13,26H,11-12,14H2. The zero-order valence-corrected chi connectivity index (χ0v) is 17.9. The molecule has 33 heavy (non-hydrogen) atoms. The van der Waals surface area contributed by atoms with Crippen LogP contribution in [-0.4, -0.2) is 33.4 Å². The van der Waals surface area contributed by atoms with E-state index >= 15 is 0 Å². The number of carbonyl (C=O) groups excluding carboxylic acids is 2. The Balaban J connectivity index is 1.47. The van der Waals surface area contributed by atoms with E-state index in [0.717, 1.165) is 17.3 Å². The molecule has 0 fully saturated rings. The molecule has 10 heteroatoms. The molecule has 1 aliphatic rings. The lowest BCUT2D eigenvalue weighted by atomic mass is 10.2. The Bertz CT molecular complexity index is 1340. The highest BCUT2D eigenvalue weighted by Crippen LogP contribution is 2.27. The number of anilines is 2. The Hall–Kier alpha value is -3.79. The number of hydrogen-bond acceptors (Lipinski definition) is 5. The van der Waals surface area contributed by atoms with Crippen molar-refractivity contribution in [2.45, 2.75) is 11.3 Å². The van der Waals surface area contributed by atoms with Crippen LogP contribution in [0.4, 0.5) is 20.2 Å². The van der Waals surface area contributed by atoms with Gasteiger partial charge in [0.05, 0.1) is 16.1 Å². The highest BCUT2D eigenvalue weighted by Gasteiger charge is 2.26. The van der Waals surface area contributed by atoms with E-state index in [1.165, 1.54) is 29.2 Å². The summed E-state index contributed by atoms with van der Waals surface area (Å²) in [5.74, 6) is -3.84. The van der Waals surface area contributed by atoms with Crippen molar-refractivity contribution < 1.29 is 31.5 Å². The van der Waals surface area contributed by atoms with Gasteiger partial charge in [0.25, 0.3) is 15.9 Å². The molecule has 0 saturated heterocycles. The largest absolute Gasteiger partial charge is 0.452 e. The van der Waals surface area contributed by atoms with Gasteiger partial charge < -0.3 is 9.64 Å². The number of hydrogen-bond donors (Lipinski definition) is 1. The predicted octanol–water partition coefficient (Wildman–Crippen LogP) is 3.51. The van der Waals surface area contributed by atoms with Gasteiger partial charge in [-0.2, -0.15) is 0 Å². The van der Waals surface area contributed by atoms with Gasteiger partial charge in [-0.1, -0.05) is 30.3 Å². The maximum Gasteiger partial charge on any atom is 0.340 e. The fourth-order valence-corrected chi connectivity index (χ4v) is 4.57. The number of benzene rings is 3. The third-order valence-electron chi connectivity index (χ3n) is 5.11. The number of carbonyl (C=O) groups is 2. The molecule has 1 heterocycles. The third-order valence-corrected chi connectivity index (χ3v) is 6.47. The van der Waals surface area contributed by atoms with Crippen LogP contribution >= 0.6 is 0 Å². The average molecular weight is 472 g/mol. The number of esters is 1. The maximum absolute atomic E-state index is 13.5. The summed E-state index contributed by atoms with van der Waals surface area (Å²) in [6.45, 7) is -0.0578. The van der Waals surface area contributed by atoms with E-state index in [2.05, 4.69) is 4.72 Å². The summed E-state index contributed by atoms with van der Waals surface area (Å²) in [5, 5.41) is 0. The number of ether oxygens (including phenoxy) is 1. The van der Waals surface area contributed by atoms with Crippen molar-refractivity contribution in [1.29, 1.82) is 0 Å². The molecule has 170 valence electrons. The van der Waals surface area contributed by atoms with Crippen LogP contribution in [0, 0.1) is 11.6 Å². The van der Waals surface area contributed by atoms with E-state index in [4.69, 9.17) is 4.74 Å². The smallest absolute Gasteiger partial charge is 0.340 e. The molecule has 0 unspecified atom stereocenters. The second-order valence-electron chi connectivity index (χ2n) is 7.23. The Morgan fingerprint density at radius 3 is 2.48 bits per heavy atom. The van der Waals surface area contributed by atoms with E-state index < -0.39 is 45.0 Å². The Morgan fingerprint density at radius 2 is 1.70 bits per heavy atom. The average Bonchev–Trinajstić information content (AvgIpc) is 3.23. The molecule has 0 aromatic heterocycles. The summed E-state index contributed by atoms with van der Waals surface area (Å²) < 4.78 is 59.1. The molecule has 7 nitrogen and oxygen atoms in total. The molecule has 3 aromatic rings. The van der Waals surface area contributed by atoms with E-state index in [1.807, 2.05) is 24.3 Å². The van der Waals surface area contributed by atoms with Gasteiger partial charge in [-0.25, -0.2) is 22.0 Å². The van der Waals surface area contributed by atoms with Crippen LogP contribution in [0.3, 0.4) is 0 Å². The highest BCUT2D eigenvalue weighted by molar-refractivity contribution is 7.92. The summed E-state index contributed by atoms with van der Waals surface area (Å²) in [7, 11) is -4.33. The van der Waals surface area contributed by atoms with Crippen LogP contribution in [0.25, 0.3) is 0 Å². The molecular weight excluding hydrogens is 454 g/mol. The van der Waals surface area contributed by atoms with Crippen LogP contribution in [0.1, 0.15) is 15.9 Å². The molecule has 0 saturated carbocycles. The molecular formula is C23H18F2N2O5S. The minimum Gasteiger partial charge on any atom is -0.452 e. The van der Waals surface area contributed by atoms with Crippen molar-refractivity contribution >= 4 is 33.3 Å². The quantitative estimate of drug-likeness (QED) is 0.555. The number of sulfonamides is 1. The molecule has 0 atom stereocenters. The first kappa shape index (κ1) is 22.4. The normalized spacial score (nSPS) is 12.8. The summed E-state index contributed by atoms with van der Waals surface area (Å²) in [5.41, 5.74) is 1.51. The first-order valence-electron chi connectivity index (χ1n) is 9.88. The molecule has 0 bridgehead atoms. The fourth-order valence-electron chi connectivity index (χ4n) is 3.48. The van der Waals surface area contributed by atoms with Gasteiger partial charge >= 0.3 is 5.97 Å². The van der Waals surface area contributed by atoms with Gasteiger partial charge in [-0.15, -0.1) is 0 Å². The third kappa shape index (κ3) is 4.70. The molecule has 0 radical (unpaired) electrons.